The maximum atomic E-state index is 12.9. The molecule has 3 rings (SSSR count). The lowest BCUT2D eigenvalue weighted by atomic mass is 10.2. The molecular formula is C22H18Cl5N3O2S. The fraction of sp³-hybridized carbons (Fsp3) is 0.136. The van der Waals surface area contributed by atoms with E-state index in [0.29, 0.717) is 11.3 Å². The van der Waals surface area contributed by atoms with Gasteiger partial charge in [0.15, 0.2) is 0 Å². The summed E-state index contributed by atoms with van der Waals surface area (Å²) in [5, 5.41) is 3.50. The molecule has 0 fully saturated rings. The highest BCUT2D eigenvalue weighted by Gasteiger charge is 2.20. The van der Waals surface area contributed by atoms with Crippen LogP contribution in [-0.2, 0) is 10.0 Å². The first-order chi connectivity index (χ1) is 15.6. The second-order valence-electron chi connectivity index (χ2n) is 6.89. The lowest BCUT2D eigenvalue weighted by molar-refractivity contribution is 0.592. The summed E-state index contributed by atoms with van der Waals surface area (Å²) in [7, 11) is -3.84. The highest BCUT2D eigenvalue weighted by Crippen LogP contribution is 2.46. The molecule has 0 saturated carbocycles. The van der Waals surface area contributed by atoms with Gasteiger partial charge >= 0.3 is 0 Å². The minimum absolute atomic E-state index is 0.0637. The quantitative estimate of drug-likeness (QED) is 0.106. The number of nitrogens with zero attached hydrogens (tertiary/aromatic N) is 1. The Morgan fingerprint density at radius 1 is 0.818 bits per heavy atom. The van der Waals surface area contributed by atoms with Crippen LogP contribution in [0.3, 0.4) is 0 Å². The predicted molar refractivity (Wildman–Crippen MR) is 139 cm³/mol. The van der Waals surface area contributed by atoms with Crippen LogP contribution in [0.5, 0.6) is 0 Å². The normalized spacial score (nSPS) is 12.0. The number of hydrogen-bond donors (Lipinski definition) is 2. The number of hydrogen-bond acceptors (Lipinski definition) is 4. The monoisotopic (exact) mass is 563 g/mol. The Balaban J connectivity index is 1.82. The molecule has 0 radical (unpaired) electrons. The molecule has 3 aromatic rings. The summed E-state index contributed by atoms with van der Waals surface area (Å²) in [6, 6.07) is 15.5. The van der Waals surface area contributed by atoms with E-state index in [1.165, 1.54) is 0 Å². The number of amidine groups is 1. The first kappa shape index (κ1) is 25.9. The molecule has 0 aromatic heterocycles. The van der Waals surface area contributed by atoms with Crippen LogP contribution in [0, 0.1) is 6.92 Å². The number of rotatable bonds is 7. The Hall–Kier alpha value is -1.67. The zero-order valence-electron chi connectivity index (χ0n) is 17.2. The van der Waals surface area contributed by atoms with Crippen molar-refractivity contribution >= 4 is 79.6 Å². The molecule has 11 heteroatoms. The summed E-state index contributed by atoms with van der Waals surface area (Å²) in [5.74, 6) is 0.197. The molecule has 0 atom stereocenters. The van der Waals surface area contributed by atoms with Gasteiger partial charge in [-0.05, 0) is 19.1 Å². The first-order valence-electron chi connectivity index (χ1n) is 9.56. The van der Waals surface area contributed by atoms with Crippen molar-refractivity contribution in [2.45, 2.75) is 11.8 Å². The number of nitrogens with one attached hydrogen (secondary N) is 2. The van der Waals surface area contributed by atoms with Gasteiger partial charge in [0.1, 0.15) is 5.84 Å². The molecule has 0 aliphatic heterocycles. The van der Waals surface area contributed by atoms with Crippen LogP contribution in [0.2, 0.25) is 25.1 Å². The van der Waals surface area contributed by atoms with Crippen LogP contribution in [0.25, 0.3) is 0 Å². The molecule has 0 unspecified atom stereocenters. The topological polar surface area (TPSA) is 70.6 Å². The molecule has 3 aromatic carbocycles. The van der Waals surface area contributed by atoms with Gasteiger partial charge in [-0.2, -0.15) is 0 Å². The van der Waals surface area contributed by atoms with Crippen molar-refractivity contribution in [2.75, 3.05) is 18.4 Å². The standard InChI is InChI=1S/C22H18Cl5N3O2S/c1-13-7-9-15(10-8-13)33(31,32)30-22(14-5-3-2-4-6-14)29-12-11-28-21-19(26)17(24)16(23)18(25)20(21)27/h2-10,28H,11-12H2,1H3,(H,29,30). The maximum Gasteiger partial charge on any atom is 0.263 e. The molecule has 5 nitrogen and oxygen atoms in total. The zero-order valence-corrected chi connectivity index (χ0v) is 21.8. The molecule has 174 valence electrons. The smallest absolute Gasteiger partial charge is 0.263 e. The third-order valence-electron chi connectivity index (χ3n) is 4.50. The summed E-state index contributed by atoms with van der Waals surface area (Å²) in [4.78, 5) is 4.58. The lowest BCUT2D eigenvalue weighted by Crippen LogP contribution is -2.32. The number of halogens is 5. The summed E-state index contributed by atoms with van der Waals surface area (Å²) >= 11 is 30.6. The highest BCUT2D eigenvalue weighted by molar-refractivity contribution is 7.90. The molecule has 0 aliphatic rings. The maximum absolute atomic E-state index is 12.9. The first-order valence-corrected chi connectivity index (χ1v) is 12.9. The Morgan fingerprint density at radius 2 is 1.36 bits per heavy atom. The van der Waals surface area contributed by atoms with E-state index < -0.39 is 10.0 Å². The van der Waals surface area contributed by atoms with Crippen molar-refractivity contribution < 1.29 is 8.42 Å². The number of anilines is 1. The van der Waals surface area contributed by atoms with Gasteiger partial charge in [-0.15, -0.1) is 0 Å². The van der Waals surface area contributed by atoms with Gasteiger partial charge in [-0.1, -0.05) is 106 Å². The van der Waals surface area contributed by atoms with Gasteiger partial charge in [-0.25, -0.2) is 8.42 Å². The fourth-order valence-electron chi connectivity index (χ4n) is 2.79. The largest absolute Gasteiger partial charge is 0.381 e. The lowest BCUT2D eigenvalue weighted by Gasteiger charge is -2.14. The van der Waals surface area contributed by atoms with Crippen LogP contribution in [0.4, 0.5) is 5.69 Å². The molecule has 0 heterocycles. The van der Waals surface area contributed by atoms with Gasteiger partial charge in [0.2, 0.25) is 0 Å². The van der Waals surface area contributed by atoms with E-state index in [-0.39, 0.29) is 48.9 Å². The van der Waals surface area contributed by atoms with E-state index in [1.54, 1.807) is 48.5 Å². The molecule has 33 heavy (non-hydrogen) atoms. The number of aryl methyl sites for hydroxylation is 1. The van der Waals surface area contributed by atoms with Crippen molar-refractivity contribution in [3.05, 3.63) is 90.8 Å². The molecule has 0 aliphatic carbocycles. The van der Waals surface area contributed by atoms with E-state index in [1.807, 2.05) is 13.0 Å². The van der Waals surface area contributed by atoms with Crippen molar-refractivity contribution in [3.8, 4) is 0 Å². The Kier molecular flexibility index (Phi) is 8.78. The van der Waals surface area contributed by atoms with Gasteiger partial charge in [0.25, 0.3) is 10.0 Å². The molecule has 2 N–H and O–H groups in total. The van der Waals surface area contributed by atoms with Gasteiger partial charge in [0.05, 0.1) is 42.2 Å². The number of sulfonamides is 1. The van der Waals surface area contributed by atoms with Crippen LogP contribution in [-0.4, -0.2) is 27.3 Å². The average Bonchev–Trinajstić information content (AvgIpc) is 2.81. The average molecular weight is 566 g/mol. The van der Waals surface area contributed by atoms with Crippen molar-refractivity contribution in [2.24, 2.45) is 4.99 Å². The van der Waals surface area contributed by atoms with Crippen LogP contribution in [0.1, 0.15) is 11.1 Å². The highest BCUT2D eigenvalue weighted by atomic mass is 35.5. The Bertz CT molecular complexity index is 1250. The summed E-state index contributed by atoms with van der Waals surface area (Å²) in [5.41, 5.74) is 1.88. The molecule has 0 amide bonds. The molecule has 0 spiro atoms. The van der Waals surface area contributed by atoms with E-state index in [2.05, 4.69) is 15.0 Å². The summed E-state index contributed by atoms with van der Waals surface area (Å²) in [6.45, 7) is 2.33. The van der Waals surface area contributed by atoms with Crippen molar-refractivity contribution in [1.29, 1.82) is 0 Å². The second-order valence-corrected chi connectivity index (χ2v) is 10.5. The second kappa shape index (κ2) is 11.2. The molecule has 0 saturated heterocycles. The Labute approximate surface area is 217 Å². The Morgan fingerprint density at radius 3 is 1.94 bits per heavy atom. The van der Waals surface area contributed by atoms with E-state index in [9.17, 15) is 8.42 Å². The molecular weight excluding hydrogens is 548 g/mol. The zero-order chi connectivity index (χ0) is 24.2. The van der Waals surface area contributed by atoms with Crippen molar-refractivity contribution in [3.63, 3.8) is 0 Å². The van der Waals surface area contributed by atoms with Crippen molar-refractivity contribution in [1.82, 2.24) is 4.72 Å². The third kappa shape index (κ3) is 6.27. The van der Waals surface area contributed by atoms with Gasteiger partial charge in [-0.3, -0.25) is 9.71 Å². The van der Waals surface area contributed by atoms with Gasteiger partial charge < -0.3 is 5.32 Å². The van der Waals surface area contributed by atoms with Crippen LogP contribution >= 0.6 is 58.0 Å². The fourth-order valence-corrected chi connectivity index (χ4v) is 5.11. The summed E-state index contributed by atoms with van der Waals surface area (Å²) in [6.07, 6.45) is 0. The molecule has 0 bridgehead atoms. The number of aliphatic imine (C=N–C) groups is 1. The SMILES string of the molecule is Cc1ccc(S(=O)(=O)NC(=NCCNc2c(Cl)c(Cl)c(Cl)c(Cl)c2Cl)c2ccccc2)cc1. The summed E-state index contributed by atoms with van der Waals surface area (Å²) < 4.78 is 28.4. The van der Waals surface area contributed by atoms with Crippen LogP contribution < -0.4 is 10.0 Å². The van der Waals surface area contributed by atoms with Gasteiger partial charge in [0, 0.05) is 12.1 Å². The minimum atomic E-state index is -3.84. The number of benzene rings is 3. The van der Waals surface area contributed by atoms with E-state index in [4.69, 9.17) is 58.0 Å². The minimum Gasteiger partial charge on any atom is -0.381 e. The third-order valence-corrected chi connectivity index (χ3v) is 8.13. The van der Waals surface area contributed by atoms with Crippen LogP contribution in [0.15, 0.2) is 64.5 Å². The van der Waals surface area contributed by atoms with E-state index >= 15 is 0 Å². The predicted octanol–water partition coefficient (Wildman–Crippen LogP) is 7.10. The van der Waals surface area contributed by atoms with E-state index in [0.717, 1.165) is 5.56 Å².